The van der Waals surface area contributed by atoms with E-state index in [0.717, 1.165) is 27.7 Å². The van der Waals surface area contributed by atoms with Gasteiger partial charge in [-0.3, -0.25) is 0 Å². The SMILES string of the molecule is Cc1ccc(-c2nc(C)c(CNC(C)(C)C)s2)c(F)c1. The molecule has 2 aromatic rings. The van der Waals surface area contributed by atoms with Crippen LogP contribution in [0.2, 0.25) is 0 Å². The minimum Gasteiger partial charge on any atom is -0.307 e. The molecule has 1 aromatic carbocycles. The lowest BCUT2D eigenvalue weighted by Crippen LogP contribution is -2.34. The lowest BCUT2D eigenvalue weighted by molar-refractivity contribution is 0.425. The first-order chi connectivity index (χ1) is 9.26. The molecule has 0 bridgehead atoms. The molecule has 0 aliphatic rings. The fourth-order valence-corrected chi connectivity index (χ4v) is 2.88. The fourth-order valence-electron chi connectivity index (χ4n) is 1.85. The fraction of sp³-hybridized carbons (Fsp3) is 0.438. The summed E-state index contributed by atoms with van der Waals surface area (Å²) < 4.78 is 14.0. The molecule has 1 N–H and O–H groups in total. The lowest BCUT2D eigenvalue weighted by Gasteiger charge is -2.19. The van der Waals surface area contributed by atoms with Crippen LogP contribution in [-0.2, 0) is 6.54 Å². The molecule has 2 rings (SSSR count). The van der Waals surface area contributed by atoms with Gasteiger partial charge < -0.3 is 5.32 Å². The van der Waals surface area contributed by atoms with E-state index in [4.69, 9.17) is 0 Å². The second-order valence-corrected chi connectivity index (χ2v) is 7.20. The van der Waals surface area contributed by atoms with Crippen LogP contribution in [0.1, 0.15) is 36.9 Å². The highest BCUT2D eigenvalue weighted by atomic mass is 32.1. The van der Waals surface area contributed by atoms with Gasteiger partial charge in [-0.05, 0) is 52.3 Å². The zero-order valence-electron chi connectivity index (χ0n) is 12.7. The molecule has 0 atom stereocenters. The van der Waals surface area contributed by atoms with Crippen LogP contribution in [0.5, 0.6) is 0 Å². The summed E-state index contributed by atoms with van der Waals surface area (Å²) in [5.41, 5.74) is 2.55. The Morgan fingerprint density at radius 3 is 2.55 bits per heavy atom. The van der Waals surface area contributed by atoms with E-state index < -0.39 is 0 Å². The number of nitrogens with one attached hydrogen (secondary N) is 1. The van der Waals surface area contributed by atoms with E-state index in [1.165, 1.54) is 0 Å². The molecule has 0 fully saturated rings. The van der Waals surface area contributed by atoms with Gasteiger partial charge in [0.25, 0.3) is 0 Å². The van der Waals surface area contributed by atoms with Crippen molar-refractivity contribution in [2.45, 2.75) is 46.7 Å². The Morgan fingerprint density at radius 2 is 1.95 bits per heavy atom. The molecule has 0 aliphatic carbocycles. The molecule has 0 amide bonds. The van der Waals surface area contributed by atoms with E-state index >= 15 is 0 Å². The predicted octanol–water partition coefficient (Wildman–Crippen LogP) is 4.45. The Morgan fingerprint density at radius 1 is 1.25 bits per heavy atom. The summed E-state index contributed by atoms with van der Waals surface area (Å²) in [5.74, 6) is -0.200. The molecule has 0 unspecified atom stereocenters. The molecule has 2 nitrogen and oxygen atoms in total. The maximum atomic E-state index is 14.0. The van der Waals surface area contributed by atoms with Crippen LogP contribution in [0.25, 0.3) is 10.6 Å². The minimum atomic E-state index is -0.200. The average molecular weight is 292 g/mol. The van der Waals surface area contributed by atoms with Gasteiger partial charge in [0.2, 0.25) is 0 Å². The molecule has 0 spiro atoms. The summed E-state index contributed by atoms with van der Waals surface area (Å²) in [6.45, 7) is 11.0. The van der Waals surface area contributed by atoms with Crippen LogP contribution < -0.4 is 5.32 Å². The first-order valence-electron chi connectivity index (χ1n) is 6.74. The molecule has 1 aromatic heterocycles. The van der Waals surface area contributed by atoms with Gasteiger partial charge in [0.05, 0.1) is 5.69 Å². The summed E-state index contributed by atoms with van der Waals surface area (Å²) in [5, 5.41) is 4.20. The van der Waals surface area contributed by atoms with Crippen molar-refractivity contribution >= 4 is 11.3 Å². The van der Waals surface area contributed by atoms with E-state index in [2.05, 4.69) is 31.1 Å². The number of halogens is 1. The topological polar surface area (TPSA) is 24.9 Å². The molecule has 0 saturated carbocycles. The third-order valence-electron chi connectivity index (χ3n) is 3.03. The molecule has 0 aliphatic heterocycles. The molecule has 0 radical (unpaired) electrons. The summed E-state index contributed by atoms with van der Waals surface area (Å²) in [6, 6.07) is 5.28. The van der Waals surface area contributed by atoms with E-state index in [-0.39, 0.29) is 11.4 Å². The number of thiazole rings is 1. The second-order valence-electron chi connectivity index (χ2n) is 6.11. The molecule has 108 valence electrons. The Hall–Kier alpha value is -1.26. The lowest BCUT2D eigenvalue weighted by atomic mass is 10.1. The van der Waals surface area contributed by atoms with Gasteiger partial charge in [0, 0.05) is 22.5 Å². The number of benzene rings is 1. The van der Waals surface area contributed by atoms with E-state index in [0.29, 0.717) is 5.56 Å². The van der Waals surface area contributed by atoms with Crippen molar-refractivity contribution in [2.75, 3.05) is 0 Å². The van der Waals surface area contributed by atoms with Gasteiger partial charge in [-0.25, -0.2) is 9.37 Å². The van der Waals surface area contributed by atoms with Crippen molar-refractivity contribution in [3.05, 3.63) is 40.2 Å². The standard InChI is InChI=1S/C16H21FN2S/c1-10-6-7-12(13(17)8-10)15-19-11(2)14(20-15)9-18-16(3,4)5/h6-8,18H,9H2,1-5H3. The zero-order chi connectivity index (χ0) is 14.9. The van der Waals surface area contributed by atoms with Crippen LogP contribution in [0, 0.1) is 19.7 Å². The highest BCUT2D eigenvalue weighted by Crippen LogP contribution is 2.30. The molecular formula is C16H21FN2S. The van der Waals surface area contributed by atoms with Crippen LogP contribution >= 0.6 is 11.3 Å². The van der Waals surface area contributed by atoms with Crippen molar-refractivity contribution in [3.8, 4) is 10.6 Å². The Balaban J connectivity index is 2.26. The second kappa shape index (κ2) is 5.62. The van der Waals surface area contributed by atoms with Crippen molar-refractivity contribution in [1.82, 2.24) is 10.3 Å². The largest absolute Gasteiger partial charge is 0.307 e. The Bertz CT molecular complexity index is 611. The van der Waals surface area contributed by atoms with Gasteiger partial charge in [-0.2, -0.15) is 0 Å². The first-order valence-corrected chi connectivity index (χ1v) is 7.56. The maximum Gasteiger partial charge on any atom is 0.133 e. The van der Waals surface area contributed by atoms with Crippen LogP contribution in [0.15, 0.2) is 18.2 Å². The van der Waals surface area contributed by atoms with E-state index in [1.54, 1.807) is 17.4 Å². The first kappa shape index (κ1) is 15.1. The van der Waals surface area contributed by atoms with Gasteiger partial charge in [-0.15, -0.1) is 11.3 Å². The predicted molar refractivity (Wildman–Crippen MR) is 83.6 cm³/mol. The number of hydrogen-bond donors (Lipinski definition) is 1. The molecule has 0 saturated heterocycles. The monoisotopic (exact) mass is 292 g/mol. The Labute approximate surface area is 124 Å². The summed E-state index contributed by atoms with van der Waals surface area (Å²) in [6.07, 6.45) is 0. The quantitative estimate of drug-likeness (QED) is 0.903. The molecule has 1 heterocycles. The van der Waals surface area contributed by atoms with Crippen molar-refractivity contribution in [3.63, 3.8) is 0 Å². The van der Waals surface area contributed by atoms with Gasteiger partial charge in [0.15, 0.2) is 0 Å². The van der Waals surface area contributed by atoms with Gasteiger partial charge in [0.1, 0.15) is 10.8 Å². The van der Waals surface area contributed by atoms with E-state index in [1.807, 2.05) is 26.0 Å². The average Bonchev–Trinajstić information content (AvgIpc) is 2.67. The molecular weight excluding hydrogens is 271 g/mol. The zero-order valence-corrected chi connectivity index (χ0v) is 13.5. The maximum absolute atomic E-state index is 14.0. The van der Waals surface area contributed by atoms with Crippen molar-refractivity contribution < 1.29 is 4.39 Å². The van der Waals surface area contributed by atoms with E-state index in [9.17, 15) is 4.39 Å². The Kier molecular flexibility index (Phi) is 4.25. The number of aromatic nitrogens is 1. The third-order valence-corrected chi connectivity index (χ3v) is 4.22. The van der Waals surface area contributed by atoms with Crippen LogP contribution in [0.3, 0.4) is 0 Å². The third kappa shape index (κ3) is 3.64. The normalized spacial score (nSPS) is 11.9. The number of aryl methyl sites for hydroxylation is 2. The van der Waals surface area contributed by atoms with Crippen LogP contribution in [-0.4, -0.2) is 10.5 Å². The molecule has 20 heavy (non-hydrogen) atoms. The summed E-state index contributed by atoms with van der Waals surface area (Å²) in [4.78, 5) is 5.67. The highest BCUT2D eigenvalue weighted by Gasteiger charge is 2.15. The van der Waals surface area contributed by atoms with Crippen molar-refractivity contribution in [2.24, 2.45) is 0 Å². The van der Waals surface area contributed by atoms with Gasteiger partial charge >= 0.3 is 0 Å². The highest BCUT2D eigenvalue weighted by molar-refractivity contribution is 7.15. The summed E-state index contributed by atoms with van der Waals surface area (Å²) >= 11 is 1.56. The van der Waals surface area contributed by atoms with Crippen LogP contribution in [0.4, 0.5) is 4.39 Å². The minimum absolute atomic E-state index is 0.0612. The number of hydrogen-bond acceptors (Lipinski definition) is 3. The summed E-state index contributed by atoms with van der Waals surface area (Å²) in [7, 11) is 0. The molecule has 4 heteroatoms. The number of nitrogens with zero attached hydrogens (tertiary/aromatic N) is 1. The van der Waals surface area contributed by atoms with Crippen molar-refractivity contribution in [1.29, 1.82) is 0 Å². The number of rotatable bonds is 3. The van der Waals surface area contributed by atoms with Gasteiger partial charge in [-0.1, -0.05) is 6.07 Å². The smallest absolute Gasteiger partial charge is 0.133 e.